The molecule has 1 heterocycles. The second-order valence-electron chi connectivity index (χ2n) is 7.10. The molecule has 1 amide bonds. The molecule has 1 fully saturated rings. The molecule has 0 aliphatic heterocycles. The van der Waals surface area contributed by atoms with Gasteiger partial charge in [-0.15, -0.1) is 0 Å². The molecule has 1 aromatic heterocycles. The lowest BCUT2D eigenvalue weighted by molar-refractivity contribution is 0.0762. The fourth-order valence-electron chi connectivity index (χ4n) is 3.65. The monoisotopic (exact) mass is 341 g/mol. The zero-order valence-corrected chi connectivity index (χ0v) is 15.1. The minimum atomic E-state index is -0.214. The molecule has 0 bridgehead atoms. The van der Waals surface area contributed by atoms with Crippen LogP contribution in [0, 0.1) is 0 Å². The van der Waals surface area contributed by atoms with Gasteiger partial charge in [-0.1, -0.05) is 37.5 Å². The Balaban J connectivity index is 1.65. The molecule has 134 valence electrons. The molecule has 0 unspecified atom stereocenters. The number of aromatic amines is 1. The molecule has 5 heteroatoms. The van der Waals surface area contributed by atoms with Crippen LogP contribution < -0.4 is 5.56 Å². The summed E-state index contributed by atoms with van der Waals surface area (Å²) in [5, 5.41) is 1.40. The minimum Gasteiger partial charge on any atom is -0.339 e. The second-order valence-corrected chi connectivity index (χ2v) is 7.10. The average Bonchev–Trinajstić information content (AvgIpc) is 2.65. The van der Waals surface area contributed by atoms with Gasteiger partial charge < -0.3 is 14.8 Å². The summed E-state index contributed by atoms with van der Waals surface area (Å²) < 4.78 is 0. The third kappa shape index (κ3) is 4.10. The summed E-state index contributed by atoms with van der Waals surface area (Å²) in [7, 11) is 3.94. The number of fused-ring (bicyclic) bond motifs is 1. The van der Waals surface area contributed by atoms with Crippen LogP contribution in [0.3, 0.4) is 0 Å². The van der Waals surface area contributed by atoms with Crippen molar-refractivity contribution in [3.05, 3.63) is 46.4 Å². The summed E-state index contributed by atoms with van der Waals surface area (Å²) in [5.74, 6) is -0.139. The van der Waals surface area contributed by atoms with E-state index in [2.05, 4.69) is 16.9 Å². The zero-order chi connectivity index (χ0) is 17.8. The molecule has 0 radical (unpaired) electrons. The van der Waals surface area contributed by atoms with Crippen LogP contribution in [0.25, 0.3) is 10.8 Å². The maximum Gasteiger partial charge on any atom is 0.270 e. The van der Waals surface area contributed by atoms with E-state index in [0.29, 0.717) is 23.7 Å². The molecule has 1 saturated carbocycles. The third-order valence-corrected chi connectivity index (χ3v) is 5.32. The Labute approximate surface area is 148 Å². The molecule has 25 heavy (non-hydrogen) atoms. The number of hydrogen-bond acceptors (Lipinski definition) is 3. The number of carbonyl (C=O) groups is 1. The Morgan fingerprint density at radius 1 is 1.12 bits per heavy atom. The quantitative estimate of drug-likeness (QED) is 0.910. The first kappa shape index (κ1) is 17.7. The van der Waals surface area contributed by atoms with Crippen molar-refractivity contribution >= 4 is 16.7 Å². The summed E-state index contributed by atoms with van der Waals surface area (Å²) in [5.41, 5.74) is 0.140. The maximum atomic E-state index is 12.7. The molecule has 0 atom stereocenters. The zero-order valence-electron chi connectivity index (χ0n) is 15.1. The van der Waals surface area contributed by atoms with Crippen LogP contribution in [-0.4, -0.2) is 53.9 Å². The first-order valence-electron chi connectivity index (χ1n) is 9.14. The van der Waals surface area contributed by atoms with Gasteiger partial charge in [-0.3, -0.25) is 9.59 Å². The normalized spacial score (nSPS) is 15.6. The number of H-pyrrole nitrogens is 1. The summed E-state index contributed by atoms with van der Waals surface area (Å²) >= 11 is 0. The fraction of sp³-hybridized carbons (Fsp3) is 0.500. The minimum absolute atomic E-state index is 0.139. The first-order chi connectivity index (χ1) is 12.1. The average molecular weight is 341 g/mol. The van der Waals surface area contributed by atoms with Gasteiger partial charge in [-0.2, -0.15) is 0 Å². The Kier molecular flexibility index (Phi) is 5.53. The van der Waals surface area contributed by atoms with Crippen LogP contribution >= 0.6 is 0 Å². The van der Waals surface area contributed by atoms with Gasteiger partial charge in [0.05, 0.1) is 0 Å². The van der Waals surface area contributed by atoms with Crippen LogP contribution in [-0.2, 0) is 0 Å². The van der Waals surface area contributed by atoms with Gasteiger partial charge in [0.15, 0.2) is 0 Å². The highest BCUT2D eigenvalue weighted by atomic mass is 16.2. The molecule has 1 aliphatic rings. The van der Waals surface area contributed by atoms with Gasteiger partial charge in [0.25, 0.3) is 11.5 Å². The topological polar surface area (TPSA) is 56.4 Å². The Bertz CT molecular complexity index is 793. The van der Waals surface area contributed by atoms with Gasteiger partial charge in [0.2, 0.25) is 0 Å². The van der Waals surface area contributed by atoms with E-state index in [0.717, 1.165) is 11.9 Å². The smallest absolute Gasteiger partial charge is 0.270 e. The first-order valence-corrected chi connectivity index (χ1v) is 9.14. The number of pyridine rings is 1. The summed E-state index contributed by atoms with van der Waals surface area (Å²) in [4.78, 5) is 31.6. The van der Waals surface area contributed by atoms with Crippen molar-refractivity contribution in [1.29, 1.82) is 0 Å². The Hall–Kier alpha value is -2.14. The highest BCUT2D eigenvalue weighted by Crippen LogP contribution is 2.21. The van der Waals surface area contributed by atoms with Crippen molar-refractivity contribution in [2.45, 2.75) is 38.1 Å². The van der Waals surface area contributed by atoms with E-state index in [1.165, 1.54) is 32.1 Å². The van der Waals surface area contributed by atoms with Gasteiger partial charge in [-0.25, -0.2) is 0 Å². The Morgan fingerprint density at radius 2 is 1.84 bits per heavy atom. The highest BCUT2D eigenvalue weighted by Gasteiger charge is 2.19. The number of benzene rings is 1. The number of nitrogens with zero attached hydrogens (tertiary/aromatic N) is 2. The van der Waals surface area contributed by atoms with E-state index >= 15 is 0 Å². The van der Waals surface area contributed by atoms with Crippen LogP contribution in [0.2, 0.25) is 0 Å². The number of rotatable bonds is 5. The van der Waals surface area contributed by atoms with Crippen molar-refractivity contribution in [2.24, 2.45) is 0 Å². The molecule has 3 rings (SSSR count). The number of amides is 1. The molecule has 1 aliphatic carbocycles. The lowest BCUT2D eigenvalue weighted by atomic mass is 9.94. The predicted molar refractivity (Wildman–Crippen MR) is 101 cm³/mol. The van der Waals surface area contributed by atoms with Crippen LogP contribution in [0.4, 0.5) is 0 Å². The van der Waals surface area contributed by atoms with E-state index in [9.17, 15) is 9.59 Å². The van der Waals surface area contributed by atoms with Gasteiger partial charge in [-0.05, 0) is 37.4 Å². The molecular weight excluding hydrogens is 314 g/mol. The highest BCUT2D eigenvalue weighted by molar-refractivity contribution is 5.96. The van der Waals surface area contributed by atoms with Crippen molar-refractivity contribution in [3.8, 4) is 0 Å². The van der Waals surface area contributed by atoms with Gasteiger partial charge in [0.1, 0.15) is 5.69 Å². The molecule has 0 saturated heterocycles. The second kappa shape index (κ2) is 7.83. The van der Waals surface area contributed by atoms with Crippen molar-refractivity contribution in [2.75, 3.05) is 27.2 Å². The van der Waals surface area contributed by atoms with E-state index in [1.807, 2.05) is 18.2 Å². The molecule has 5 nitrogen and oxygen atoms in total. The molecule has 0 spiro atoms. The standard InChI is InChI=1S/C20H27N3O2/c1-22(16-9-4-3-5-10-16)12-13-23(2)20(25)18-14-15-8-6-7-11-17(15)19(24)21-18/h6-8,11,14,16H,3-5,9-10,12-13H2,1-2H3,(H,21,24). The van der Waals surface area contributed by atoms with E-state index in [-0.39, 0.29) is 11.5 Å². The van der Waals surface area contributed by atoms with E-state index in [4.69, 9.17) is 0 Å². The van der Waals surface area contributed by atoms with Crippen molar-refractivity contribution < 1.29 is 4.79 Å². The van der Waals surface area contributed by atoms with E-state index in [1.54, 1.807) is 24.1 Å². The number of aromatic nitrogens is 1. The number of carbonyl (C=O) groups excluding carboxylic acids is 1. The van der Waals surface area contributed by atoms with Crippen LogP contribution in [0.5, 0.6) is 0 Å². The lowest BCUT2D eigenvalue weighted by Gasteiger charge is -2.32. The molecule has 1 N–H and O–H groups in total. The van der Waals surface area contributed by atoms with Crippen LogP contribution in [0.15, 0.2) is 35.1 Å². The summed E-state index contributed by atoms with van der Waals surface area (Å²) in [6.45, 7) is 1.51. The SMILES string of the molecule is CN(CCN(C)C1CCCCC1)C(=O)c1cc2ccccc2c(=O)[nH]1. The third-order valence-electron chi connectivity index (χ3n) is 5.32. The van der Waals surface area contributed by atoms with Gasteiger partial charge >= 0.3 is 0 Å². The fourth-order valence-corrected chi connectivity index (χ4v) is 3.65. The van der Waals surface area contributed by atoms with Crippen molar-refractivity contribution in [1.82, 2.24) is 14.8 Å². The molecular formula is C20H27N3O2. The van der Waals surface area contributed by atoms with Crippen molar-refractivity contribution in [3.63, 3.8) is 0 Å². The summed E-state index contributed by atoms with van der Waals surface area (Å²) in [6, 6.07) is 9.73. The van der Waals surface area contributed by atoms with E-state index < -0.39 is 0 Å². The predicted octanol–water partition coefficient (Wildman–Crippen LogP) is 2.86. The summed E-state index contributed by atoms with van der Waals surface area (Å²) in [6.07, 6.45) is 6.47. The number of hydrogen-bond donors (Lipinski definition) is 1. The van der Waals surface area contributed by atoms with Crippen LogP contribution in [0.1, 0.15) is 42.6 Å². The lowest BCUT2D eigenvalue weighted by Crippen LogP contribution is -2.40. The maximum absolute atomic E-state index is 12.7. The Morgan fingerprint density at radius 3 is 2.60 bits per heavy atom. The largest absolute Gasteiger partial charge is 0.339 e. The molecule has 2 aromatic rings. The number of likely N-dealkylation sites (N-methyl/N-ethyl adjacent to an activating group) is 2. The number of nitrogens with one attached hydrogen (secondary N) is 1. The molecule has 1 aromatic carbocycles. The van der Waals surface area contributed by atoms with Gasteiger partial charge in [0, 0.05) is 31.6 Å².